The second kappa shape index (κ2) is 7.39. The van der Waals surface area contributed by atoms with Crippen molar-refractivity contribution in [1.82, 2.24) is 15.6 Å². The highest BCUT2D eigenvalue weighted by molar-refractivity contribution is 5.83. The Morgan fingerprint density at radius 2 is 1.88 bits per heavy atom. The molecule has 1 aliphatic heterocycles. The van der Waals surface area contributed by atoms with Crippen LogP contribution in [0.3, 0.4) is 0 Å². The molecule has 6 heteroatoms. The fourth-order valence-corrected chi connectivity index (χ4v) is 3.08. The maximum atomic E-state index is 12.0. The van der Waals surface area contributed by atoms with Gasteiger partial charge in [-0.05, 0) is 30.2 Å². The highest BCUT2D eigenvalue weighted by atomic mass is 16.6. The molecular weight excluding hydrogens is 330 g/mol. The van der Waals surface area contributed by atoms with Crippen molar-refractivity contribution in [3.63, 3.8) is 0 Å². The number of urea groups is 1. The fourth-order valence-electron chi connectivity index (χ4n) is 3.08. The van der Waals surface area contributed by atoms with Gasteiger partial charge in [0.2, 0.25) is 0 Å². The molecule has 0 bridgehead atoms. The van der Waals surface area contributed by atoms with Crippen LogP contribution in [0.5, 0.6) is 11.5 Å². The molecule has 1 aromatic heterocycles. The molecule has 3 N–H and O–H groups in total. The molecule has 3 aromatic rings. The quantitative estimate of drug-likeness (QED) is 0.662. The fraction of sp³-hybridized carbons (Fsp3) is 0.250. The van der Waals surface area contributed by atoms with Crippen molar-refractivity contribution in [3.05, 3.63) is 60.3 Å². The summed E-state index contributed by atoms with van der Waals surface area (Å²) in [6.07, 6.45) is 2.58. The van der Waals surface area contributed by atoms with Gasteiger partial charge < -0.3 is 25.1 Å². The number of hydrogen-bond acceptors (Lipinski definition) is 3. The van der Waals surface area contributed by atoms with E-state index in [1.807, 2.05) is 48.7 Å². The van der Waals surface area contributed by atoms with Crippen LogP contribution < -0.4 is 20.1 Å². The van der Waals surface area contributed by atoms with Gasteiger partial charge in [0.05, 0.1) is 6.54 Å². The average Bonchev–Trinajstić information content (AvgIpc) is 3.09. The van der Waals surface area contributed by atoms with E-state index in [1.54, 1.807) is 0 Å². The smallest absolute Gasteiger partial charge is 0.314 e. The maximum Gasteiger partial charge on any atom is 0.314 e. The number of carbonyl (C=O) groups excluding carboxylic acids is 1. The molecule has 4 rings (SSSR count). The summed E-state index contributed by atoms with van der Waals surface area (Å²) in [6, 6.07) is 15.5. The van der Waals surface area contributed by atoms with Crippen molar-refractivity contribution in [2.45, 2.75) is 12.5 Å². The number of H-pyrrole nitrogens is 1. The second-order valence-electron chi connectivity index (χ2n) is 6.24. The zero-order valence-electron chi connectivity index (χ0n) is 14.3. The second-order valence-corrected chi connectivity index (χ2v) is 6.24. The standard InChI is InChI=1S/C20H21N3O3/c24-20(21-10-9-14-11-22-17-6-2-1-5-16(14)17)23-12-15-13-25-18-7-3-4-8-19(18)26-15/h1-8,11,15,22H,9-10,12-13H2,(H2,21,23,24). The molecule has 1 aliphatic rings. The van der Waals surface area contributed by atoms with Gasteiger partial charge in [-0.3, -0.25) is 0 Å². The summed E-state index contributed by atoms with van der Waals surface area (Å²) >= 11 is 0. The number of benzene rings is 2. The van der Waals surface area contributed by atoms with Crippen LogP contribution in [0.2, 0.25) is 0 Å². The summed E-state index contributed by atoms with van der Waals surface area (Å²) in [6.45, 7) is 1.39. The summed E-state index contributed by atoms with van der Waals surface area (Å²) in [4.78, 5) is 15.2. The molecule has 0 fully saturated rings. The number of rotatable bonds is 5. The number of aromatic nitrogens is 1. The van der Waals surface area contributed by atoms with E-state index in [0.29, 0.717) is 25.4 Å². The summed E-state index contributed by atoms with van der Waals surface area (Å²) < 4.78 is 11.5. The number of amides is 2. The van der Waals surface area contributed by atoms with E-state index in [-0.39, 0.29) is 12.1 Å². The number of para-hydroxylation sites is 3. The Labute approximate surface area is 151 Å². The molecule has 0 spiro atoms. The zero-order chi connectivity index (χ0) is 17.8. The van der Waals surface area contributed by atoms with Gasteiger partial charge in [-0.25, -0.2) is 4.79 Å². The number of ether oxygens (including phenoxy) is 2. The lowest BCUT2D eigenvalue weighted by atomic mass is 10.1. The van der Waals surface area contributed by atoms with Gasteiger partial charge in [-0.15, -0.1) is 0 Å². The molecule has 134 valence electrons. The van der Waals surface area contributed by atoms with E-state index < -0.39 is 0 Å². The monoisotopic (exact) mass is 351 g/mol. The molecular formula is C20H21N3O3. The molecule has 0 saturated carbocycles. The molecule has 0 aliphatic carbocycles. The summed E-state index contributed by atoms with van der Waals surface area (Å²) in [5, 5.41) is 6.92. The molecule has 2 amide bonds. The Morgan fingerprint density at radius 3 is 2.81 bits per heavy atom. The normalized spacial score (nSPS) is 15.6. The predicted molar refractivity (Wildman–Crippen MR) is 99.8 cm³/mol. The first-order chi connectivity index (χ1) is 12.8. The zero-order valence-corrected chi connectivity index (χ0v) is 14.3. The van der Waals surface area contributed by atoms with Crippen molar-refractivity contribution in [2.24, 2.45) is 0 Å². The lowest BCUT2D eigenvalue weighted by Gasteiger charge is -2.26. The molecule has 1 atom stereocenters. The SMILES string of the molecule is O=C(NCCc1c[nH]c2ccccc12)NCC1COc2ccccc2O1. The van der Waals surface area contributed by atoms with Gasteiger partial charge in [0.25, 0.3) is 0 Å². The third-order valence-electron chi connectivity index (χ3n) is 4.41. The van der Waals surface area contributed by atoms with Crippen LogP contribution in [0.15, 0.2) is 54.7 Å². The van der Waals surface area contributed by atoms with Crippen molar-refractivity contribution in [3.8, 4) is 11.5 Å². The van der Waals surface area contributed by atoms with E-state index in [9.17, 15) is 4.79 Å². The van der Waals surface area contributed by atoms with E-state index in [1.165, 1.54) is 10.9 Å². The lowest BCUT2D eigenvalue weighted by molar-refractivity contribution is 0.0918. The number of hydrogen-bond donors (Lipinski definition) is 3. The molecule has 0 saturated heterocycles. The Kier molecular flexibility index (Phi) is 4.64. The Morgan fingerprint density at radius 1 is 1.08 bits per heavy atom. The first kappa shape index (κ1) is 16.3. The van der Waals surface area contributed by atoms with Gasteiger partial charge in [0.15, 0.2) is 17.6 Å². The van der Waals surface area contributed by atoms with Crippen LogP contribution in [-0.4, -0.2) is 36.8 Å². The minimum absolute atomic E-state index is 0.190. The number of carbonyl (C=O) groups is 1. The van der Waals surface area contributed by atoms with Gasteiger partial charge in [-0.1, -0.05) is 30.3 Å². The first-order valence-electron chi connectivity index (χ1n) is 8.75. The molecule has 2 heterocycles. The maximum absolute atomic E-state index is 12.0. The van der Waals surface area contributed by atoms with Crippen LogP contribution in [0, 0.1) is 0 Å². The van der Waals surface area contributed by atoms with Gasteiger partial charge >= 0.3 is 6.03 Å². The number of nitrogens with one attached hydrogen (secondary N) is 3. The van der Waals surface area contributed by atoms with E-state index in [4.69, 9.17) is 9.47 Å². The predicted octanol–water partition coefficient (Wildman–Crippen LogP) is 2.85. The summed E-state index contributed by atoms with van der Waals surface area (Å²) in [5.74, 6) is 1.46. The molecule has 0 radical (unpaired) electrons. The Hall–Kier alpha value is -3.15. The van der Waals surface area contributed by atoms with Crippen molar-refractivity contribution in [1.29, 1.82) is 0 Å². The van der Waals surface area contributed by atoms with Gasteiger partial charge in [-0.2, -0.15) is 0 Å². The Bertz CT molecular complexity index is 906. The van der Waals surface area contributed by atoms with Crippen LogP contribution in [0.1, 0.15) is 5.56 Å². The molecule has 6 nitrogen and oxygen atoms in total. The third-order valence-corrected chi connectivity index (χ3v) is 4.41. The van der Waals surface area contributed by atoms with Gasteiger partial charge in [0.1, 0.15) is 6.61 Å². The number of fused-ring (bicyclic) bond motifs is 2. The van der Waals surface area contributed by atoms with Crippen molar-refractivity contribution in [2.75, 3.05) is 19.7 Å². The molecule has 1 unspecified atom stereocenters. The highest BCUT2D eigenvalue weighted by Gasteiger charge is 2.20. The molecule has 2 aromatic carbocycles. The topological polar surface area (TPSA) is 75.4 Å². The average molecular weight is 351 g/mol. The largest absolute Gasteiger partial charge is 0.486 e. The van der Waals surface area contributed by atoms with Crippen LogP contribution >= 0.6 is 0 Å². The minimum Gasteiger partial charge on any atom is -0.486 e. The van der Waals surface area contributed by atoms with Crippen LogP contribution in [0.25, 0.3) is 10.9 Å². The van der Waals surface area contributed by atoms with Crippen molar-refractivity contribution >= 4 is 16.9 Å². The van der Waals surface area contributed by atoms with Crippen LogP contribution in [-0.2, 0) is 6.42 Å². The molecule has 26 heavy (non-hydrogen) atoms. The first-order valence-corrected chi connectivity index (χ1v) is 8.75. The van der Waals surface area contributed by atoms with E-state index in [0.717, 1.165) is 17.7 Å². The van der Waals surface area contributed by atoms with E-state index >= 15 is 0 Å². The minimum atomic E-state index is -0.202. The Balaban J connectivity index is 1.21. The van der Waals surface area contributed by atoms with Gasteiger partial charge in [0, 0.05) is 23.6 Å². The van der Waals surface area contributed by atoms with Crippen molar-refractivity contribution < 1.29 is 14.3 Å². The highest BCUT2D eigenvalue weighted by Crippen LogP contribution is 2.30. The van der Waals surface area contributed by atoms with E-state index in [2.05, 4.69) is 21.7 Å². The summed E-state index contributed by atoms with van der Waals surface area (Å²) in [5.41, 5.74) is 2.31. The lowest BCUT2D eigenvalue weighted by Crippen LogP contribution is -2.44. The van der Waals surface area contributed by atoms with Crippen LogP contribution in [0.4, 0.5) is 4.79 Å². The summed E-state index contributed by atoms with van der Waals surface area (Å²) in [7, 11) is 0. The third kappa shape index (κ3) is 3.59. The number of aromatic amines is 1.